The number of anilines is 2. The second kappa shape index (κ2) is 10.6. The standard InChI is InChI=1S/C22H21F3N4O7/c1-13-3-2-8-27(11-13)18-7-4-14(9-19(18)29(34)35)21(31)36-12-20(30)26-17-6-5-15(28(32)33)10-16(17)22(23,24)25/h4-7,9-10,13H,2-3,8,11-12H2,1H3,(H,26,30)/t13-/m1/s1. The third-order valence-electron chi connectivity index (χ3n) is 5.53. The van der Waals surface area contributed by atoms with Crippen molar-refractivity contribution in [3.8, 4) is 0 Å². The second-order valence-corrected chi connectivity index (χ2v) is 8.26. The number of hydrogen-bond acceptors (Lipinski definition) is 8. The van der Waals surface area contributed by atoms with Crippen LogP contribution in [-0.4, -0.2) is 41.4 Å². The van der Waals surface area contributed by atoms with Gasteiger partial charge in [-0.3, -0.25) is 25.0 Å². The fourth-order valence-electron chi connectivity index (χ4n) is 3.86. The first-order chi connectivity index (χ1) is 16.9. The summed E-state index contributed by atoms with van der Waals surface area (Å²) in [5.41, 5.74) is -3.22. The molecule has 3 rings (SSSR count). The van der Waals surface area contributed by atoms with Crippen molar-refractivity contribution in [2.75, 3.05) is 29.9 Å². The smallest absolute Gasteiger partial charge is 0.418 e. The van der Waals surface area contributed by atoms with Crippen LogP contribution < -0.4 is 10.2 Å². The van der Waals surface area contributed by atoms with E-state index in [1.807, 2.05) is 17.1 Å². The van der Waals surface area contributed by atoms with Crippen LogP contribution in [0.3, 0.4) is 0 Å². The molecule has 0 bridgehead atoms. The molecule has 11 nitrogen and oxygen atoms in total. The van der Waals surface area contributed by atoms with E-state index in [0.29, 0.717) is 30.8 Å². The number of ether oxygens (including phenoxy) is 1. The fraction of sp³-hybridized carbons (Fsp3) is 0.364. The summed E-state index contributed by atoms with van der Waals surface area (Å²) in [4.78, 5) is 47.1. The van der Waals surface area contributed by atoms with Gasteiger partial charge >= 0.3 is 12.1 Å². The summed E-state index contributed by atoms with van der Waals surface area (Å²) in [5, 5.41) is 24.3. The van der Waals surface area contributed by atoms with Gasteiger partial charge in [-0.2, -0.15) is 13.2 Å². The quantitative estimate of drug-likeness (QED) is 0.324. The molecule has 0 spiro atoms. The number of nitrogens with one attached hydrogen (secondary N) is 1. The minimum absolute atomic E-state index is 0.213. The van der Waals surface area contributed by atoms with Crippen LogP contribution in [0.1, 0.15) is 35.7 Å². The number of carbonyl (C=O) groups excluding carboxylic acids is 2. The van der Waals surface area contributed by atoms with Crippen LogP contribution in [0.5, 0.6) is 0 Å². The van der Waals surface area contributed by atoms with Gasteiger partial charge in [0.05, 0.1) is 26.7 Å². The summed E-state index contributed by atoms with van der Waals surface area (Å²) in [5.74, 6) is -1.89. The lowest BCUT2D eigenvalue weighted by molar-refractivity contribution is -0.385. The van der Waals surface area contributed by atoms with Gasteiger partial charge in [0, 0.05) is 31.3 Å². The summed E-state index contributed by atoms with van der Waals surface area (Å²) in [6.45, 7) is 2.28. The molecular weight excluding hydrogens is 489 g/mol. The Morgan fingerprint density at radius 2 is 1.86 bits per heavy atom. The van der Waals surface area contributed by atoms with Crippen LogP contribution in [0, 0.1) is 26.1 Å². The summed E-state index contributed by atoms with van der Waals surface area (Å²) >= 11 is 0. The lowest BCUT2D eigenvalue weighted by Gasteiger charge is -2.32. The zero-order chi connectivity index (χ0) is 26.6. The lowest BCUT2D eigenvalue weighted by atomic mass is 9.99. The van der Waals surface area contributed by atoms with Gasteiger partial charge in [0.1, 0.15) is 5.69 Å². The molecule has 1 atom stereocenters. The van der Waals surface area contributed by atoms with E-state index in [2.05, 4.69) is 0 Å². The molecule has 1 aliphatic heterocycles. The van der Waals surface area contributed by atoms with E-state index >= 15 is 0 Å². The number of nitro groups is 2. The topological polar surface area (TPSA) is 145 Å². The van der Waals surface area contributed by atoms with E-state index in [-0.39, 0.29) is 17.3 Å². The van der Waals surface area contributed by atoms with Crippen molar-refractivity contribution in [2.24, 2.45) is 5.92 Å². The predicted octanol–water partition coefficient (Wildman–Crippen LogP) is 4.55. The maximum absolute atomic E-state index is 13.3. The van der Waals surface area contributed by atoms with Crippen LogP contribution >= 0.6 is 0 Å². The zero-order valence-corrected chi connectivity index (χ0v) is 18.9. The monoisotopic (exact) mass is 510 g/mol. The molecule has 0 saturated carbocycles. The number of nitro benzene ring substituents is 2. The first kappa shape index (κ1) is 26.4. The summed E-state index contributed by atoms with van der Waals surface area (Å²) in [7, 11) is 0. The maximum Gasteiger partial charge on any atom is 0.418 e. The minimum Gasteiger partial charge on any atom is -0.452 e. The van der Waals surface area contributed by atoms with Crippen LogP contribution in [0.2, 0.25) is 0 Å². The number of nitrogens with zero attached hydrogens (tertiary/aromatic N) is 3. The average Bonchev–Trinajstić information content (AvgIpc) is 2.81. The van der Waals surface area contributed by atoms with Gasteiger partial charge in [-0.25, -0.2) is 4.79 Å². The van der Waals surface area contributed by atoms with E-state index < -0.39 is 51.4 Å². The molecule has 1 saturated heterocycles. The Kier molecular flexibility index (Phi) is 7.75. The van der Waals surface area contributed by atoms with Gasteiger partial charge in [-0.05, 0) is 37.0 Å². The molecule has 2 aromatic carbocycles. The average molecular weight is 510 g/mol. The Hall–Kier alpha value is -4.23. The SMILES string of the molecule is C[C@@H]1CCCN(c2ccc(C(=O)OCC(=O)Nc3ccc([N+](=O)[O-])cc3C(F)(F)F)cc2[N+](=O)[O-])C1. The fourth-order valence-corrected chi connectivity index (χ4v) is 3.86. The molecule has 1 N–H and O–H groups in total. The highest BCUT2D eigenvalue weighted by atomic mass is 19.4. The number of hydrogen-bond donors (Lipinski definition) is 1. The molecule has 0 radical (unpaired) electrons. The van der Waals surface area contributed by atoms with Gasteiger partial charge in [-0.15, -0.1) is 0 Å². The Labute approximate surface area is 202 Å². The van der Waals surface area contributed by atoms with Crippen LogP contribution in [-0.2, 0) is 15.7 Å². The first-order valence-corrected chi connectivity index (χ1v) is 10.7. The molecule has 36 heavy (non-hydrogen) atoms. The highest BCUT2D eigenvalue weighted by Gasteiger charge is 2.36. The largest absolute Gasteiger partial charge is 0.452 e. The summed E-state index contributed by atoms with van der Waals surface area (Å²) in [6, 6.07) is 5.50. The van der Waals surface area contributed by atoms with E-state index in [1.54, 1.807) is 0 Å². The minimum atomic E-state index is -5.00. The van der Waals surface area contributed by atoms with Crippen molar-refractivity contribution in [2.45, 2.75) is 25.9 Å². The Bertz CT molecular complexity index is 1200. The van der Waals surface area contributed by atoms with Crippen molar-refractivity contribution in [1.82, 2.24) is 0 Å². The molecule has 14 heteroatoms. The summed E-state index contributed by atoms with van der Waals surface area (Å²) in [6.07, 6.45) is -3.14. The normalized spacial score (nSPS) is 15.8. The van der Waals surface area contributed by atoms with Gasteiger partial charge in [-0.1, -0.05) is 6.92 Å². The van der Waals surface area contributed by atoms with E-state index in [0.717, 1.165) is 25.0 Å². The van der Waals surface area contributed by atoms with Crippen molar-refractivity contribution in [3.63, 3.8) is 0 Å². The molecule has 2 aromatic rings. The van der Waals surface area contributed by atoms with Gasteiger partial charge < -0.3 is 15.0 Å². The van der Waals surface area contributed by atoms with Gasteiger partial charge in [0.2, 0.25) is 0 Å². The van der Waals surface area contributed by atoms with Crippen LogP contribution in [0.4, 0.5) is 35.9 Å². The van der Waals surface area contributed by atoms with Crippen LogP contribution in [0.15, 0.2) is 36.4 Å². The third kappa shape index (κ3) is 6.25. The van der Waals surface area contributed by atoms with Crippen LogP contribution in [0.25, 0.3) is 0 Å². The highest BCUT2D eigenvalue weighted by Crippen LogP contribution is 2.37. The van der Waals surface area contributed by atoms with E-state index in [9.17, 15) is 43.0 Å². The maximum atomic E-state index is 13.3. The molecule has 0 aromatic heterocycles. The Morgan fingerprint density at radius 3 is 2.47 bits per heavy atom. The third-order valence-corrected chi connectivity index (χ3v) is 5.53. The van der Waals surface area contributed by atoms with Crippen molar-refractivity contribution in [3.05, 3.63) is 67.8 Å². The number of halogens is 3. The molecule has 1 heterocycles. The van der Waals surface area contributed by atoms with Gasteiger partial charge in [0.25, 0.3) is 17.3 Å². The number of rotatable bonds is 7. The first-order valence-electron chi connectivity index (χ1n) is 10.7. The van der Waals surface area contributed by atoms with Crippen molar-refractivity contribution < 1.29 is 37.3 Å². The lowest BCUT2D eigenvalue weighted by Crippen LogP contribution is -2.34. The molecule has 1 aliphatic rings. The molecule has 1 amide bonds. The number of carbonyl (C=O) groups is 2. The second-order valence-electron chi connectivity index (χ2n) is 8.26. The van der Waals surface area contributed by atoms with E-state index in [4.69, 9.17) is 4.74 Å². The Morgan fingerprint density at radius 1 is 1.14 bits per heavy atom. The molecule has 0 unspecified atom stereocenters. The van der Waals surface area contributed by atoms with E-state index in [1.165, 1.54) is 12.1 Å². The van der Waals surface area contributed by atoms with Crippen molar-refractivity contribution >= 4 is 34.6 Å². The zero-order valence-electron chi connectivity index (χ0n) is 18.9. The number of alkyl halides is 3. The summed E-state index contributed by atoms with van der Waals surface area (Å²) < 4.78 is 44.6. The predicted molar refractivity (Wildman–Crippen MR) is 121 cm³/mol. The molecule has 0 aliphatic carbocycles. The molecule has 192 valence electrons. The Balaban J connectivity index is 1.70. The molecular formula is C22H21F3N4O7. The van der Waals surface area contributed by atoms with Crippen molar-refractivity contribution in [1.29, 1.82) is 0 Å². The number of esters is 1. The van der Waals surface area contributed by atoms with Gasteiger partial charge in [0.15, 0.2) is 6.61 Å². The number of piperidine rings is 1. The number of amides is 1. The molecule has 1 fully saturated rings. The highest BCUT2D eigenvalue weighted by molar-refractivity contribution is 5.96. The number of non-ortho nitro benzene ring substituents is 1. The number of benzene rings is 2.